The lowest BCUT2D eigenvalue weighted by Gasteiger charge is -2.06. The topological polar surface area (TPSA) is 63.7 Å². The Morgan fingerprint density at radius 2 is 2.15 bits per heavy atom. The van der Waals surface area contributed by atoms with Crippen molar-refractivity contribution in [2.45, 2.75) is 13.5 Å². The van der Waals surface area contributed by atoms with Gasteiger partial charge in [0.2, 0.25) is 0 Å². The van der Waals surface area contributed by atoms with Crippen LogP contribution in [0, 0.1) is 18.3 Å². The van der Waals surface area contributed by atoms with Crippen LogP contribution < -0.4 is 4.74 Å². The second kappa shape index (κ2) is 7.85. The third-order valence-electron chi connectivity index (χ3n) is 3.93. The number of aryl methyl sites for hydroxylation is 1. The van der Waals surface area contributed by atoms with E-state index < -0.39 is 0 Å². The molecule has 0 aliphatic carbocycles. The molecule has 5 nitrogen and oxygen atoms in total. The molecule has 0 unspecified atom stereocenters. The van der Waals surface area contributed by atoms with E-state index in [9.17, 15) is 5.26 Å². The van der Waals surface area contributed by atoms with Crippen molar-refractivity contribution in [1.82, 2.24) is 14.8 Å². The Hall–Kier alpha value is -3.10. The van der Waals surface area contributed by atoms with Crippen molar-refractivity contribution in [3.8, 4) is 11.8 Å². The highest BCUT2D eigenvalue weighted by molar-refractivity contribution is 6.31. The van der Waals surface area contributed by atoms with E-state index >= 15 is 0 Å². The molecule has 0 saturated heterocycles. The quantitative estimate of drug-likeness (QED) is 0.631. The lowest BCUT2D eigenvalue weighted by molar-refractivity contribution is 0.414. The van der Waals surface area contributed by atoms with E-state index in [-0.39, 0.29) is 0 Å². The first-order valence-electron chi connectivity index (χ1n) is 8.01. The van der Waals surface area contributed by atoms with Gasteiger partial charge in [0, 0.05) is 11.8 Å². The summed E-state index contributed by atoms with van der Waals surface area (Å²) in [5, 5.41) is 14.5. The molecular formula is C20H17ClN4O. The Bertz CT molecular complexity index is 987. The zero-order chi connectivity index (χ0) is 18.5. The van der Waals surface area contributed by atoms with Gasteiger partial charge in [-0.1, -0.05) is 29.8 Å². The molecule has 0 aliphatic rings. The summed E-state index contributed by atoms with van der Waals surface area (Å²) >= 11 is 6.54. The Balaban J connectivity index is 1.95. The molecule has 26 heavy (non-hydrogen) atoms. The van der Waals surface area contributed by atoms with Crippen LogP contribution in [0.4, 0.5) is 0 Å². The number of benzene rings is 1. The number of halogens is 1. The molecule has 6 heteroatoms. The van der Waals surface area contributed by atoms with Gasteiger partial charge in [0.05, 0.1) is 30.6 Å². The average Bonchev–Trinajstić information content (AvgIpc) is 2.93. The number of hydrogen-bond donors (Lipinski definition) is 0. The van der Waals surface area contributed by atoms with Gasteiger partial charge < -0.3 is 4.74 Å². The summed E-state index contributed by atoms with van der Waals surface area (Å²) in [7, 11) is 1.63. The van der Waals surface area contributed by atoms with Crippen molar-refractivity contribution in [3.63, 3.8) is 0 Å². The van der Waals surface area contributed by atoms with Gasteiger partial charge in [0.25, 0.3) is 0 Å². The number of hydrogen-bond acceptors (Lipinski definition) is 4. The van der Waals surface area contributed by atoms with Gasteiger partial charge >= 0.3 is 0 Å². The molecule has 0 atom stereocenters. The van der Waals surface area contributed by atoms with Crippen LogP contribution in [0.2, 0.25) is 5.15 Å². The Labute approximate surface area is 157 Å². The zero-order valence-electron chi connectivity index (χ0n) is 14.5. The number of pyridine rings is 1. The molecule has 2 heterocycles. The van der Waals surface area contributed by atoms with E-state index in [0.717, 1.165) is 22.6 Å². The Kier molecular flexibility index (Phi) is 5.35. The van der Waals surface area contributed by atoms with E-state index in [4.69, 9.17) is 16.3 Å². The number of nitrogens with zero attached hydrogens (tertiary/aromatic N) is 4. The summed E-state index contributed by atoms with van der Waals surface area (Å²) in [5.74, 6) is 0.782. The van der Waals surface area contributed by atoms with Crippen molar-refractivity contribution in [1.29, 1.82) is 5.26 Å². The molecule has 130 valence electrons. The first-order valence-corrected chi connectivity index (χ1v) is 8.39. The largest absolute Gasteiger partial charge is 0.497 e. The molecule has 0 N–H and O–H groups in total. The molecule has 3 rings (SSSR count). The van der Waals surface area contributed by atoms with E-state index in [1.165, 1.54) is 0 Å². The number of aromatic nitrogens is 3. The molecule has 0 saturated carbocycles. The Morgan fingerprint density at radius 3 is 2.85 bits per heavy atom. The van der Waals surface area contributed by atoms with Gasteiger partial charge in [0.1, 0.15) is 17.0 Å². The van der Waals surface area contributed by atoms with Crippen LogP contribution >= 0.6 is 11.6 Å². The van der Waals surface area contributed by atoms with Gasteiger partial charge in [-0.15, -0.1) is 0 Å². The number of rotatable bonds is 5. The molecule has 2 aromatic heterocycles. The molecule has 0 radical (unpaired) electrons. The van der Waals surface area contributed by atoms with Gasteiger partial charge in [-0.2, -0.15) is 10.4 Å². The summed E-state index contributed by atoms with van der Waals surface area (Å²) in [6, 6.07) is 15.4. The van der Waals surface area contributed by atoms with Crippen molar-refractivity contribution in [2.24, 2.45) is 0 Å². The highest BCUT2D eigenvalue weighted by Gasteiger charge is 2.14. The van der Waals surface area contributed by atoms with Gasteiger partial charge in [-0.3, -0.25) is 4.98 Å². The van der Waals surface area contributed by atoms with Gasteiger partial charge in [0.15, 0.2) is 0 Å². The van der Waals surface area contributed by atoms with Crippen LogP contribution in [0.25, 0.3) is 11.6 Å². The standard InChI is InChI=1S/C20H17ClN4O/c1-14-18(11-16(12-22)19-8-3-4-9-23-19)20(21)25(24-14)13-15-6-5-7-17(10-15)26-2/h3-11H,13H2,1-2H3/b16-11+. The predicted octanol–water partition coefficient (Wildman–Crippen LogP) is 4.36. The fourth-order valence-corrected chi connectivity index (χ4v) is 2.90. The number of ether oxygens (including phenoxy) is 1. The van der Waals surface area contributed by atoms with E-state index in [1.54, 1.807) is 30.1 Å². The third-order valence-corrected chi connectivity index (χ3v) is 4.32. The van der Waals surface area contributed by atoms with Crippen LogP contribution in [0.3, 0.4) is 0 Å². The number of methoxy groups -OCH3 is 1. The second-order valence-electron chi connectivity index (χ2n) is 5.68. The van der Waals surface area contributed by atoms with E-state index in [1.807, 2.05) is 43.3 Å². The van der Waals surface area contributed by atoms with Crippen LogP contribution in [0.5, 0.6) is 5.75 Å². The van der Waals surface area contributed by atoms with E-state index in [2.05, 4.69) is 16.2 Å². The van der Waals surface area contributed by atoms with Crippen LogP contribution in [-0.4, -0.2) is 21.9 Å². The van der Waals surface area contributed by atoms with Crippen molar-refractivity contribution in [2.75, 3.05) is 7.11 Å². The first kappa shape index (κ1) is 17.7. The predicted molar refractivity (Wildman–Crippen MR) is 102 cm³/mol. The lowest BCUT2D eigenvalue weighted by Crippen LogP contribution is -2.02. The molecular weight excluding hydrogens is 348 g/mol. The minimum atomic E-state index is 0.441. The molecule has 0 aliphatic heterocycles. The molecule has 3 aromatic rings. The summed E-state index contributed by atoms with van der Waals surface area (Å²) in [4.78, 5) is 4.22. The van der Waals surface area contributed by atoms with E-state index in [0.29, 0.717) is 23.0 Å². The van der Waals surface area contributed by atoms with Crippen molar-refractivity contribution < 1.29 is 4.74 Å². The Morgan fingerprint density at radius 1 is 1.31 bits per heavy atom. The molecule has 0 bridgehead atoms. The highest BCUT2D eigenvalue weighted by Crippen LogP contribution is 2.26. The zero-order valence-corrected chi connectivity index (χ0v) is 15.2. The molecule has 0 amide bonds. The first-order chi connectivity index (χ1) is 12.6. The van der Waals surface area contributed by atoms with Gasteiger partial charge in [-0.05, 0) is 42.8 Å². The summed E-state index contributed by atoms with van der Waals surface area (Å²) in [5.41, 5.74) is 3.54. The minimum Gasteiger partial charge on any atom is -0.497 e. The van der Waals surface area contributed by atoms with Gasteiger partial charge in [-0.25, -0.2) is 4.68 Å². The summed E-state index contributed by atoms with van der Waals surface area (Å²) in [6.45, 7) is 2.38. The maximum absolute atomic E-state index is 9.48. The number of allylic oxidation sites excluding steroid dienone is 1. The van der Waals surface area contributed by atoms with Crippen LogP contribution in [0.1, 0.15) is 22.5 Å². The fourth-order valence-electron chi connectivity index (χ4n) is 2.61. The summed E-state index contributed by atoms with van der Waals surface area (Å²) < 4.78 is 6.97. The second-order valence-corrected chi connectivity index (χ2v) is 6.04. The maximum Gasteiger partial charge on any atom is 0.134 e. The van der Waals surface area contributed by atoms with Crippen LogP contribution in [0.15, 0.2) is 48.7 Å². The van der Waals surface area contributed by atoms with Crippen LogP contribution in [-0.2, 0) is 6.54 Å². The van der Waals surface area contributed by atoms with Crippen molar-refractivity contribution >= 4 is 23.3 Å². The SMILES string of the molecule is COc1cccc(Cn2nc(C)c(/C=C(\C#N)c3ccccn3)c2Cl)c1. The lowest BCUT2D eigenvalue weighted by atomic mass is 10.1. The third kappa shape index (κ3) is 3.76. The fraction of sp³-hybridized carbons (Fsp3) is 0.150. The smallest absolute Gasteiger partial charge is 0.134 e. The normalized spacial score (nSPS) is 11.2. The maximum atomic E-state index is 9.48. The average molecular weight is 365 g/mol. The van der Waals surface area contributed by atoms with Crippen molar-refractivity contribution in [3.05, 3.63) is 76.3 Å². The summed E-state index contributed by atoms with van der Waals surface area (Å²) in [6.07, 6.45) is 3.39. The molecule has 0 spiro atoms. The number of nitriles is 1. The molecule has 1 aromatic carbocycles. The molecule has 0 fully saturated rings. The highest BCUT2D eigenvalue weighted by atomic mass is 35.5. The monoisotopic (exact) mass is 364 g/mol. The minimum absolute atomic E-state index is 0.441.